The topological polar surface area (TPSA) is 26.3 Å². The fourth-order valence-electron chi connectivity index (χ4n) is 0.843. The van der Waals surface area contributed by atoms with Crippen molar-refractivity contribution in [3.63, 3.8) is 0 Å². The lowest BCUT2D eigenvalue weighted by Crippen LogP contribution is -2.07. The summed E-state index contributed by atoms with van der Waals surface area (Å²) in [6, 6.07) is 7.16. The molecule has 0 unspecified atom stereocenters. The molecule has 0 aromatic heterocycles. The summed E-state index contributed by atoms with van der Waals surface area (Å²) in [6.07, 6.45) is 0. The average Bonchev–Trinajstić information content (AvgIpc) is 2.15. The molecule has 0 bridgehead atoms. The minimum Gasteiger partial charge on any atom is -0.461 e. The van der Waals surface area contributed by atoms with Gasteiger partial charge < -0.3 is 4.74 Å². The molecule has 0 spiro atoms. The number of ether oxygens (including phenoxy) is 1. The van der Waals surface area contributed by atoms with E-state index in [-0.39, 0.29) is 5.97 Å². The molecule has 0 radical (unpaired) electrons. The van der Waals surface area contributed by atoms with Gasteiger partial charge in [0.1, 0.15) is 6.61 Å². The predicted molar refractivity (Wildman–Crippen MR) is 58.3 cm³/mol. The largest absolute Gasteiger partial charge is 0.461 e. The normalized spacial score (nSPS) is 9.69. The number of hydrogen-bond acceptors (Lipinski definition) is 3. The van der Waals surface area contributed by atoms with Gasteiger partial charge in [-0.25, -0.2) is 4.79 Å². The highest BCUT2D eigenvalue weighted by atomic mass is 79.9. The molecule has 70 valence electrons. The molecule has 0 saturated carbocycles. The summed E-state index contributed by atoms with van der Waals surface area (Å²) in [5.41, 5.74) is 0.546. The monoisotopic (exact) mass is 260 g/mol. The molecule has 0 heterocycles. The molecule has 2 nitrogen and oxygen atoms in total. The standard InChI is InChI=1S/C9H9BrO2S/c10-8-4-2-1-3-7(8)9(11)12-5-6-13/h1-4,13H,5-6H2. The average molecular weight is 261 g/mol. The van der Waals surface area contributed by atoms with Crippen LogP contribution in [0.2, 0.25) is 0 Å². The number of carbonyl (C=O) groups is 1. The van der Waals surface area contributed by atoms with Crippen molar-refractivity contribution >= 4 is 34.5 Å². The third-order valence-corrected chi connectivity index (χ3v) is 2.29. The van der Waals surface area contributed by atoms with E-state index in [0.717, 1.165) is 4.47 Å². The first-order chi connectivity index (χ1) is 6.25. The third kappa shape index (κ3) is 3.04. The van der Waals surface area contributed by atoms with Crippen LogP contribution in [0.4, 0.5) is 0 Å². The molecular formula is C9H9BrO2S. The van der Waals surface area contributed by atoms with Crippen molar-refractivity contribution in [1.82, 2.24) is 0 Å². The van der Waals surface area contributed by atoms with Crippen molar-refractivity contribution < 1.29 is 9.53 Å². The van der Waals surface area contributed by atoms with Gasteiger partial charge >= 0.3 is 5.97 Å². The van der Waals surface area contributed by atoms with E-state index in [9.17, 15) is 4.79 Å². The van der Waals surface area contributed by atoms with Gasteiger partial charge in [0, 0.05) is 10.2 Å². The van der Waals surface area contributed by atoms with Crippen molar-refractivity contribution in [2.45, 2.75) is 0 Å². The Labute approximate surface area is 90.8 Å². The van der Waals surface area contributed by atoms with Crippen molar-refractivity contribution in [2.75, 3.05) is 12.4 Å². The zero-order valence-corrected chi connectivity index (χ0v) is 9.35. The molecule has 0 aliphatic heterocycles. The van der Waals surface area contributed by atoms with Crippen LogP contribution in [0.25, 0.3) is 0 Å². The highest BCUT2D eigenvalue weighted by Gasteiger charge is 2.09. The number of hydrogen-bond donors (Lipinski definition) is 1. The van der Waals surface area contributed by atoms with Crippen LogP contribution in [-0.2, 0) is 4.74 Å². The van der Waals surface area contributed by atoms with E-state index in [1.807, 2.05) is 6.07 Å². The number of rotatable bonds is 3. The molecule has 0 N–H and O–H groups in total. The van der Waals surface area contributed by atoms with Crippen LogP contribution in [0.3, 0.4) is 0 Å². The van der Waals surface area contributed by atoms with Gasteiger partial charge in [-0.3, -0.25) is 0 Å². The zero-order valence-electron chi connectivity index (χ0n) is 6.87. The second-order valence-corrected chi connectivity index (χ2v) is 3.64. The van der Waals surface area contributed by atoms with Crippen molar-refractivity contribution in [1.29, 1.82) is 0 Å². The first kappa shape index (κ1) is 10.6. The first-order valence-corrected chi connectivity index (χ1v) is 5.20. The summed E-state index contributed by atoms with van der Waals surface area (Å²) in [6.45, 7) is 0.337. The molecule has 1 aromatic rings. The van der Waals surface area contributed by atoms with Crippen LogP contribution in [0, 0.1) is 0 Å². The molecule has 0 aliphatic rings. The zero-order chi connectivity index (χ0) is 9.68. The molecule has 0 amide bonds. The van der Waals surface area contributed by atoms with Crippen molar-refractivity contribution in [3.05, 3.63) is 34.3 Å². The minimum atomic E-state index is -0.318. The summed E-state index contributed by atoms with van der Waals surface area (Å²) in [7, 11) is 0. The van der Waals surface area contributed by atoms with Crippen LogP contribution in [-0.4, -0.2) is 18.3 Å². The van der Waals surface area contributed by atoms with E-state index in [1.165, 1.54) is 0 Å². The van der Waals surface area contributed by atoms with Crippen molar-refractivity contribution in [2.24, 2.45) is 0 Å². The second kappa shape index (κ2) is 5.29. The maximum Gasteiger partial charge on any atom is 0.339 e. The Bertz CT molecular complexity index is 301. The van der Waals surface area contributed by atoms with Gasteiger partial charge in [0.25, 0.3) is 0 Å². The fraction of sp³-hybridized carbons (Fsp3) is 0.222. The molecule has 1 aromatic carbocycles. The van der Waals surface area contributed by atoms with Crippen LogP contribution in [0.15, 0.2) is 28.7 Å². The van der Waals surface area contributed by atoms with Crippen LogP contribution in [0.5, 0.6) is 0 Å². The fourth-order valence-corrected chi connectivity index (χ4v) is 1.38. The second-order valence-electron chi connectivity index (χ2n) is 2.34. The Hall–Kier alpha value is -0.480. The predicted octanol–water partition coefficient (Wildman–Crippen LogP) is 2.54. The third-order valence-electron chi connectivity index (χ3n) is 1.42. The number of benzene rings is 1. The highest BCUT2D eigenvalue weighted by molar-refractivity contribution is 9.10. The number of esters is 1. The molecule has 0 aliphatic carbocycles. The number of halogens is 1. The quantitative estimate of drug-likeness (QED) is 0.668. The summed E-state index contributed by atoms with van der Waals surface area (Å²) in [5.74, 6) is 0.220. The Morgan fingerprint density at radius 1 is 1.46 bits per heavy atom. The van der Waals surface area contributed by atoms with E-state index in [4.69, 9.17) is 4.74 Å². The maximum atomic E-state index is 11.3. The van der Waals surface area contributed by atoms with Crippen LogP contribution in [0.1, 0.15) is 10.4 Å². The minimum absolute atomic E-state index is 0.318. The van der Waals surface area contributed by atoms with Crippen LogP contribution < -0.4 is 0 Å². The molecular weight excluding hydrogens is 252 g/mol. The van der Waals surface area contributed by atoms with E-state index < -0.39 is 0 Å². The molecule has 0 fully saturated rings. The Balaban J connectivity index is 2.71. The lowest BCUT2D eigenvalue weighted by atomic mass is 10.2. The van der Waals surface area contributed by atoms with E-state index in [1.54, 1.807) is 18.2 Å². The summed E-state index contributed by atoms with van der Waals surface area (Å²) in [4.78, 5) is 11.3. The summed E-state index contributed by atoms with van der Waals surface area (Å²) >= 11 is 7.21. The van der Waals surface area contributed by atoms with E-state index in [0.29, 0.717) is 17.9 Å². The van der Waals surface area contributed by atoms with Gasteiger partial charge in [0.15, 0.2) is 0 Å². The van der Waals surface area contributed by atoms with Crippen LogP contribution >= 0.6 is 28.6 Å². The van der Waals surface area contributed by atoms with Crippen molar-refractivity contribution in [3.8, 4) is 0 Å². The molecule has 4 heteroatoms. The Morgan fingerprint density at radius 2 is 2.15 bits per heavy atom. The summed E-state index contributed by atoms with van der Waals surface area (Å²) in [5, 5.41) is 0. The summed E-state index contributed by atoms with van der Waals surface area (Å²) < 4.78 is 5.66. The van der Waals surface area contributed by atoms with E-state index >= 15 is 0 Å². The first-order valence-electron chi connectivity index (χ1n) is 3.78. The van der Waals surface area contributed by atoms with Gasteiger partial charge in [0.05, 0.1) is 5.56 Å². The van der Waals surface area contributed by atoms with Gasteiger partial charge in [0.2, 0.25) is 0 Å². The smallest absolute Gasteiger partial charge is 0.339 e. The SMILES string of the molecule is O=C(OCCS)c1ccccc1Br. The van der Waals surface area contributed by atoms with Gasteiger partial charge in [-0.2, -0.15) is 12.6 Å². The van der Waals surface area contributed by atoms with Gasteiger partial charge in [-0.15, -0.1) is 0 Å². The van der Waals surface area contributed by atoms with Gasteiger partial charge in [-0.05, 0) is 28.1 Å². The number of carbonyl (C=O) groups excluding carboxylic acids is 1. The molecule has 1 rings (SSSR count). The lowest BCUT2D eigenvalue weighted by molar-refractivity contribution is 0.0529. The van der Waals surface area contributed by atoms with Gasteiger partial charge in [-0.1, -0.05) is 12.1 Å². The lowest BCUT2D eigenvalue weighted by Gasteiger charge is -2.03. The highest BCUT2D eigenvalue weighted by Crippen LogP contribution is 2.16. The van der Waals surface area contributed by atoms with E-state index in [2.05, 4.69) is 28.6 Å². The Morgan fingerprint density at radius 3 is 2.77 bits per heavy atom. The Kier molecular flexibility index (Phi) is 4.32. The molecule has 0 saturated heterocycles. The molecule has 0 atom stereocenters. The maximum absolute atomic E-state index is 11.3. The molecule has 13 heavy (non-hydrogen) atoms. The number of thiol groups is 1.